The molecule has 2 nitrogen and oxygen atoms in total. The van der Waals surface area contributed by atoms with Gasteiger partial charge in [-0.05, 0) is 71.0 Å². The van der Waals surface area contributed by atoms with Crippen molar-refractivity contribution in [3.63, 3.8) is 0 Å². The van der Waals surface area contributed by atoms with E-state index in [9.17, 15) is 0 Å². The third kappa shape index (κ3) is 6.07. The van der Waals surface area contributed by atoms with Crippen LogP contribution in [-0.2, 0) is 0 Å². The summed E-state index contributed by atoms with van der Waals surface area (Å²) < 4.78 is 0. The number of hydrogen-bond acceptors (Lipinski definition) is 2. The van der Waals surface area contributed by atoms with Crippen LogP contribution in [0.25, 0.3) is 0 Å². The monoisotopic (exact) mass is 246 g/mol. The van der Waals surface area contributed by atoms with Crippen LogP contribution < -0.4 is 10.6 Å². The molecule has 0 bridgehead atoms. The summed E-state index contributed by atoms with van der Waals surface area (Å²) in [4.78, 5) is 0. The maximum atomic E-state index is 5.72. The van der Waals surface area contributed by atoms with Crippen molar-refractivity contribution in [1.29, 1.82) is 0 Å². The van der Waals surface area contributed by atoms with E-state index in [2.05, 4.69) is 17.6 Å². The minimum Gasteiger partial charge on any atom is -0.320 e. The van der Waals surface area contributed by atoms with Crippen molar-refractivity contribution in [2.75, 3.05) is 26.0 Å². The second-order valence-corrected chi connectivity index (χ2v) is 5.49. The molecule has 0 aliphatic heterocycles. The van der Waals surface area contributed by atoms with Crippen molar-refractivity contribution < 1.29 is 0 Å². The van der Waals surface area contributed by atoms with Crippen LogP contribution in [0.1, 0.15) is 39.0 Å². The van der Waals surface area contributed by atoms with Gasteiger partial charge in [-0.1, -0.05) is 0 Å². The van der Waals surface area contributed by atoms with Crippen molar-refractivity contribution in [3.8, 4) is 0 Å². The molecule has 0 amide bonds. The third-order valence-corrected chi connectivity index (χ3v) is 3.82. The molecule has 3 heteroatoms. The van der Waals surface area contributed by atoms with Crippen molar-refractivity contribution >= 4 is 11.6 Å². The van der Waals surface area contributed by atoms with Crippen LogP contribution in [0.5, 0.6) is 0 Å². The number of alkyl halides is 1. The first kappa shape index (κ1) is 14.3. The van der Waals surface area contributed by atoms with Gasteiger partial charge in [0.25, 0.3) is 0 Å². The molecule has 0 radical (unpaired) electrons. The molecule has 2 N–H and O–H groups in total. The van der Waals surface area contributed by atoms with Gasteiger partial charge in [0.05, 0.1) is 0 Å². The lowest BCUT2D eigenvalue weighted by Crippen LogP contribution is -2.29. The molecule has 16 heavy (non-hydrogen) atoms. The quantitative estimate of drug-likeness (QED) is 0.579. The molecule has 0 spiro atoms. The zero-order valence-corrected chi connectivity index (χ0v) is 11.5. The highest BCUT2D eigenvalue weighted by atomic mass is 35.5. The zero-order chi connectivity index (χ0) is 11.8. The Morgan fingerprint density at radius 3 is 2.44 bits per heavy atom. The highest BCUT2D eigenvalue weighted by Crippen LogP contribution is 2.39. The van der Waals surface area contributed by atoms with Crippen LogP contribution in [0.15, 0.2) is 0 Å². The predicted octanol–water partition coefficient (Wildman–Crippen LogP) is 2.62. The van der Waals surface area contributed by atoms with Gasteiger partial charge in [-0.15, -0.1) is 11.6 Å². The summed E-state index contributed by atoms with van der Waals surface area (Å²) in [5, 5.41) is 6.83. The molecule has 0 aromatic rings. The number of rotatable bonds is 10. The molecule has 0 saturated heterocycles. The van der Waals surface area contributed by atoms with E-state index in [0.29, 0.717) is 6.04 Å². The van der Waals surface area contributed by atoms with E-state index >= 15 is 0 Å². The summed E-state index contributed by atoms with van der Waals surface area (Å²) in [6.45, 7) is 4.55. The number of hydrogen-bond donors (Lipinski definition) is 2. The first-order valence-corrected chi connectivity index (χ1v) is 7.25. The lowest BCUT2D eigenvalue weighted by molar-refractivity contribution is 0.373. The molecule has 0 heterocycles. The van der Waals surface area contributed by atoms with E-state index in [0.717, 1.165) is 30.7 Å². The average Bonchev–Trinajstić information content (AvgIpc) is 3.07. The van der Waals surface area contributed by atoms with Gasteiger partial charge in [-0.3, -0.25) is 0 Å². The van der Waals surface area contributed by atoms with Crippen LogP contribution in [0.4, 0.5) is 0 Å². The molecule has 1 rings (SSSR count). The van der Waals surface area contributed by atoms with Crippen molar-refractivity contribution in [1.82, 2.24) is 10.6 Å². The van der Waals surface area contributed by atoms with Crippen LogP contribution in [0.2, 0.25) is 0 Å². The maximum Gasteiger partial charge on any atom is 0.0238 e. The smallest absolute Gasteiger partial charge is 0.0238 e. The van der Waals surface area contributed by atoms with E-state index in [1.54, 1.807) is 0 Å². The predicted molar refractivity (Wildman–Crippen MR) is 72.2 cm³/mol. The van der Waals surface area contributed by atoms with Crippen LogP contribution in [0, 0.1) is 11.8 Å². The Kier molecular flexibility index (Phi) is 7.42. The Balaban J connectivity index is 2.07. The van der Waals surface area contributed by atoms with Gasteiger partial charge in [0.15, 0.2) is 0 Å². The van der Waals surface area contributed by atoms with E-state index < -0.39 is 0 Å². The summed E-state index contributed by atoms with van der Waals surface area (Å²) in [5.41, 5.74) is 0. The molecule has 2 atom stereocenters. The normalized spacial score (nSPS) is 19.7. The minimum atomic E-state index is 0.571. The van der Waals surface area contributed by atoms with E-state index in [4.69, 9.17) is 11.6 Å². The van der Waals surface area contributed by atoms with Crippen LogP contribution in [0.3, 0.4) is 0 Å². The summed E-state index contributed by atoms with van der Waals surface area (Å²) in [6, 6.07) is 0.571. The fourth-order valence-corrected chi connectivity index (χ4v) is 2.62. The lowest BCUT2D eigenvalue weighted by atomic mass is 9.95. The maximum absolute atomic E-state index is 5.72. The molecular formula is C13H27ClN2. The number of nitrogens with one attached hydrogen (secondary N) is 2. The fourth-order valence-electron chi connectivity index (χ4n) is 2.29. The van der Waals surface area contributed by atoms with E-state index in [-0.39, 0.29) is 0 Å². The van der Waals surface area contributed by atoms with Crippen molar-refractivity contribution in [2.45, 2.75) is 45.1 Å². The molecule has 1 aliphatic rings. The number of halogens is 1. The Labute approximate surface area is 106 Å². The highest BCUT2D eigenvalue weighted by molar-refractivity contribution is 6.17. The molecule has 2 unspecified atom stereocenters. The standard InChI is InChI=1S/C13H27ClN2/c1-11(5-8-14)16-10-7-13(6-9-15-2)12-3-4-12/h11-13,15-16H,3-10H2,1-2H3. The Bertz CT molecular complexity index is 171. The lowest BCUT2D eigenvalue weighted by Gasteiger charge is -2.18. The van der Waals surface area contributed by atoms with Crippen molar-refractivity contribution in [2.24, 2.45) is 11.8 Å². The van der Waals surface area contributed by atoms with Gasteiger partial charge >= 0.3 is 0 Å². The summed E-state index contributed by atoms with van der Waals surface area (Å²) in [7, 11) is 2.05. The first-order valence-electron chi connectivity index (χ1n) is 6.71. The minimum absolute atomic E-state index is 0.571. The van der Waals surface area contributed by atoms with Gasteiger partial charge in [0, 0.05) is 11.9 Å². The summed E-state index contributed by atoms with van der Waals surface area (Å²) >= 11 is 5.72. The summed E-state index contributed by atoms with van der Waals surface area (Å²) in [5.74, 6) is 2.72. The second kappa shape index (κ2) is 8.32. The Morgan fingerprint density at radius 2 is 1.88 bits per heavy atom. The van der Waals surface area contributed by atoms with Gasteiger partial charge < -0.3 is 10.6 Å². The molecule has 0 aromatic heterocycles. The fraction of sp³-hybridized carbons (Fsp3) is 1.00. The topological polar surface area (TPSA) is 24.1 Å². The summed E-state index contributed by atoms with van der Waals surface area (Å²) in [6.07, 6.45) is 6.68. The molecule has 1 fully saturated rings. The molecule has 96 valence electrons. The molecular weight excluding hydrogens is 220 g/mol. The Morgan fingerprint density at radius 1 is 1.19 bits per heavy atom. The van der Waals surface area contributed by atoms with Gasteiger partial charge in [0.1, 0.15) is 0 Å². The first-order chi connectivity index (χ1) is 7.77. The second-order valence-electron chi connectivity index (χ2n) is 5.11. The van der Waals surface area contributed by atoms with Gasteiger partial charge in [-0.2, -0.15) is 0 Å². The van der Waals surface area contributed by atoms with Crippen LogP contribution in [-0.4, -0.2) is 32.1 Å². The largest absolute Gasteiger partial charge is 0.320 e. The SMILES string of the molecule is CNCCC(CCNC(C)CCCl)C1CC1. The Hall–Kier alpha value is 0.210. The van der Waals surface area contributed by atoms with Crippen LogP contribution >= 0.6 is 11.6 Å². The third-order valence-electron chi connectivity index (χ3n) is 3.60. The molecule has 0 aromatic carbocycles. The highest BCUT2D eigenvalue weighted by Gasteiger charge is 2.30. The average molecular weight is 247 g/mol. The van der Waals surface area contributed by atoms with E-state index in [1.807, 2.05) is 7.05 Å². The molecule has 1 saturated carbocycles. The van der Waals surface area contributed by atoms with Gasteiger partial charge in [0.2, 0.25) is 0 Å². The van der Waals surface area contributed by atoms with Crippen molar-refractivity contribution in [3.05, 3.63) is 0 Å². The molecule has 1 aliphatic carbocycles. The van der Waals surface area contributed by atoms with Gasteiger partial charge in [-0.25, -0.2) is 0 Å². The zero-order valence-electron chi connectivity index (χ0n) is 10.8. The van der Waals surface area contributed by atoms with E-state index in [1.165, 1.54) is 32.2 Å².